The molecule has 5 aromatic rings. The fraction of sp³-hybridized carbons (Fsp3) is 0.324. The molecule has 1 unspecified atom stereocenters. The lowest BCUT2D eigenvalue weighted by molar-refractivity contribution is -0.136. The zero-order valence-electron chi connectivity index (χ0n) is 30.0. The highest BCUT2D eigenvalue weighted by Crippen LogP contribution is 2.32. The molecule has 0 bridgehead atoms. The van der Waals surface area contributed by atoms with Gasteiger partial charge in [0.05, 0.1) is 41.8 Å². The first-order valence-electron chi connectivity index (χ1n) is 18.0. The van der Waals surface area contributed by atoms with Gasteiger partial charge in [0.1, 0.15) is 29.2 Å². The van der Waals surface area contributed by atoms with Gasteiger partial charge in [0.15, 0.2) is 11.5 Å². The number of aromatic amines is 1. The number of aromatic nitrogens is 6. The standard InChI is InChI=1S/C37H35F2N11O6/c1-19-14-29(47-46-19)42-32-26-18-41-50(33(26)45-37(44-32)40-17-20-2-3-21(38)15-27(20)39)22-8-11-48(12-9-22)31(52)10-13-56-23-4-5-24-25(16-23)36(55)49(35(24)54)28-6-7-30(51)43-34(28)53/h2-5,14-16,18,22,28H,6-13,17H2,1H3,(H,43,51,53)(H3,40,42,44,45,46,47). The Hall–Kier alpha value is -6.79. The third-order valence-electron chi connectivity index (χ3n) is 10.0. The van der Waals surface area contributed by atoms with Crippen molar-refractivity contribution in [3.05, 3.63) is 82.7 Å². The molecule has 0 saturated carbocycles. The summed E-state index contributed by atoms with van der Waals surface area (Å²) in [7, 11) is 0. The number of carbonyl (C=O) groups excluding carboxylic acids is 5. The zero-order valence-corrected chi connectivity index (χ0v) is 30.0. The van der Waals surface area contributed by atoms with Crippen molar-refractivity contribution in [1.29, 1.82) is 0 Å². The van der Waals surface area contributed by atoms with Gasteiger partial charge in [-0.3, -0.25) is 39.3 Å². The van der Waals surface area contributed by atoms with Crippen LogP contribution < -0.4 is 20.7 Å². The summed E-state index contributed by atoms with van der Waals surface area (Å²) in [5.41, 5.74) is 1.82. The Morgan fingerprint density at radius 1 is 0.982 bits per heavy atom. The Labute approximate surface area is 316 Å². The Kier molecular flexibility index (Phi) is 9.57. The maximum Gasteiger partial charge on any atom is 0.262 e. The van der Waals surface area contributed by atoms with Crippen LogP contribution in [0.1, 0.15) is 70.1 Å². The van der Waals surface area contributed by atoms with Gasteiger partial charge in [-0.05, 0) is 50.5 Å². The van der Waals surface area contributed by atoms with Crippen molar-refractivity contribution in [1.82, 2.24) is 45.1 Å². The van der Waals surface area contributed by atoms with Gasteiger partial charge in [-0.1, -0.05) is 6.07 Å². The molecular formula is C37H35F2N11O6. The van der Waals surface area contributed by atoms with Gasteiger partial charge in [-0.2, -0.15) is 20.2 Å². The predicted molar refractivity (Wildman–Crippen MR) is 194 cm³/mol. The fourth-order valence-electron chi connectivity index (χ4n) is 7.12. The molecule has 8 rings (SSSR count). The third kappa shape index (κ3) is 7.09. The fourth-order valence-corrected chi connectivity index (χ4v) is 7.12. The summed E-state index contributed by atoms with van der Waals surface area (Å²) in [6, 6.07) is 8.40. The van der Waals surface area contributed by atoms with Crippen molar-refractivity contribution in [3.8, 4) is 5.75 Å². The van der Waals surface area contributed by atoms with E-state index >= 15 is 0 Å². The lowest BCUT2D eigenvalue weighted by atomic mass is 10.0. The molecule has 5 amide bonds. The van der Waals surface area contributed by atoms with E-state index in [9.17, 15) is 32.8 Å². The second kappa shape index (κ2) is 14.8. The summed E-state index contributed by atoms with van der Waals surface area (Å²) >= 11 is 0. The number of hydrogen-bond donors (Lipinski definition) is 4. The topological polar surface area (TPSA) is 209 Å². The predicted octanol–water partition coefficient (Wildman–Crippen LogP) is 3.53. The van der Waals surface area contributed by atoms with Crippen molar-refractivity contribution >= 4 is 58.2 Å². The lowest BCUT2D eigenvalue weighted by Gasteiger charge is -2.32. The number of nitrogens with one attached hydrogen (secondary N) is 4. The minimum absolute atomic E-state index is 0.00432. The molecule has 0 spiro atoms. The zero-order chi connectivity index (χ0) is 39.1. The highest BCUT2D eigenvalue weighted by atomic mass is 19.1. The molecule has 288 valence electrons. The van der Waals surface area contributed by atoms with Crippen molar-refractivity contribution in [3.63, 3.8) is 0 Å². The van der Waals surface area contributed by atoms with Crippen molar-refractivity contribution < 1.29 is 37.5 Å². The van der Waals surface area contributed by atoms with E-state index in [0.29, 0.717) is 54.3 Å². The van der Waals surface area contributed by atoms with Gasteiger partial charge < -0.3 is 20.3 Å². The van der Waals surface area contributed by atoms with Crippen LogP contribution in [0.4, 0.5) is 26.4 Å². The number of fused-ring (bicyclic) bond motifs is 2. The second-order valence-corrected chi connectivity index (χ2v) is 13.7. The van der Waals surface area contributed by atoms with Crippen LogP contribution in [-0.2, 0) is 20.9 Å². The first kappa shape index (κ1) is 36.2. The number of imide groups is 2. The van der Waals surface area contributed by atoms with E-state index in [1.807, 2.05) is 13.0 Å². The molecule has 2 fully saturated rings. The van der Waals surface area contributed by atoms with Crippen LogP contribution in [0.25, 0.3) is 11.0 Å². The summed E-state index contributed by atoms with van der Waals surface area (Å²) in [6.45, 7) is 2.80. The molecule has 0 radical (unpaired) electrons. The lowest BCUT2D eigenvalue weighted by Crippen LogP contribution is -2.54. The summed E-state index contributed by atoms with van der Waals surface area (Å²) in [4.78, 5) is 75.2. The van der Waals surface area contributed by atoms with Crippen molar-refractivity contribution in [2.45, 2.75) is 57.7 Å². The molecule has 17 nitrogen and oxygen atoms in total. The minimum atomic E-state index is -1.07. The largest absolute Gasteiger partial charge is 0.493 e. The molecule has 4 N–H and O–H groups in total. The highest BCUT2D eigenvalue weighted by Gasteiger charge is 2.44. The van der Waals surface area contributed by atoms with Gasteiger partial charge in [0.2, 0.25) is 23.7 Å². The monoisotopic (exact) mass is 767 g/mol. The first-order chi connectivity index (χ1) is 27.0. The van der Waals surface area contributed by atoms with Gasteiger partial charge in [-0.15, -0.1) is 0 Å². The molecule has 3 aliphatic heterocycles. The number of ether oxygens (including phenoxy) is 1. The summed E-state index contributed by atoms with van der Waals surface area (Å²) in [5.74, 6) is -2.45. The SMILES string of the molecule is Cc1cc(Nc2nc(NCc3ccc(F)cc3F)nc3c2cnn3C2CCN(C(=O)CCOc3ccc4c(c3)C(=O)N(C3CCC(=O)NC3=O)C4=O)CC2)n[nH]1. The highest BCUT2D eigenvalue weighted by molar-refractivity contribution is 6.23. The molecule has 2 saturated heterocycles. The number of carbonyl (C=O) groups is 5. The number of hydrogen-bond acceptors (Lipinski definition) is 12. The Balaban J connectivity index is 0.895. The normalized spacial score (nSPS) is 17.4. The molecule has 56 heavy (non-hydrogen) atoms. The van der Waals surface area contributed by atoms with Crippen LogP contribution in [-0.4, -0.2) is 95.0 Å². The molecule has 6 heterocycles. The van der Waals surface area contributed by atoms with E-state index in [4.69, 9.17) is 9.72 Å². The molecule has 2 aromatic carbocycles. The van der Waals surface area contributed by atoms with Crippen LogP contribution in [0.5, 0.6) is 5.75 Å². The molecule has 3 aromatic heterocycles. The maximum atomic E-state index is 14.4. The van der Waals surface area contributed by atoms with Crippen LogP contribution in [0.2, 0.25) is 0 Å². The summed E-state index contributed by atoms with van der Waals surface area (Å²) in [6.07, 6.45) is 2.98. The average Bonchev–Trinajstić information content (AvgIpc) is 3.87. The number of rotatable bonds is 11. The number of amides is 5. The number of halogens is 2. The average molecular weight is 768 g/mol. The number of anilines is 3. The molecule has 0 aliphatic carbocycles. The van der Waals surface area contributed by atoms with E-state index in [-0.39, 0.29) is 67.0 Å². The molecule has 19 heteroatoms. The Bertz CT molecular complexity index is 2410. The second-order valence-electron chi connectivity index (χ2n) is 13.7. The number of benzene rings is 2. The Morgan fingerprint density at radius 2 is 1.79 bits per heavy atom. The number of likely N-dealkylation sites (tertiary alicyclic amines) is 1. The van der Waals surface area contributed by atoms with Crippen molar-refractivity contribution in [2.75, 3.05) is 30.3 Å². The number of nitrogens with zero attached hydrogens (tertiary/aromatic N) is 7. The van der Waals surface area contributed by atoms with Gasteiger partial charge in [-0.25, -0.2) is 13.5 Å². The minimum Gasteiger partial charge on any atom is -0.493 e. The molecule has 3 aliphatic rings. The van der Waals surface area contributed by atoms with Gasteiger partial charge >= 0.3 is 0 Å². The van der Waals surface area contributed by atoms with E-state index in [1.54, 1.807) is 15.8 Å². The quantitative estimate of drug-likeness (QED) is 0.142. The van der Waals surface area contributed by atoms with E-state index in [1.165, 1.54) is 30.3 Å². The maximum absolute atomic E-state index is 14.4. The molecule has 1 atom stereocenters. The van der Waals surface area contributed by atoms with Crippen LogP contribution >= 0.6 is 0 Å². The van der Waals surface area contributed by atoms with E-state index in [2.05, 4.69) is 36.2 Å². The summed E-state index contributed by atoms with van der Waals surface area (Å²) < 4.78 is 35.5. The smallest absolute Gasteiger partial charge is 0.262 e. The van der Waals surface area contributed by atoms with Crippen molar-refractivity contribution in [2.24, 2.45) is 0 Å². The van der Waals surface area contributed by atoms with E-state index < -0.39 is 41.3 Å². The number of aryl methyl sites for hydroxylation is 1. The third-order valence-corrected chi connectivity index (χ3v) is 10.0. The number of piperidine rings is 2. The van der Waals surface area contributed by atoms with Gasteiger partial charge in [0.25, 0.3) is 11.8 Å². The van der Waals surface area contributed by atoms with Crippen LogP contribution in [0, 0.1) is 18.6 Å². The molecular weight excluding hydrogens is 732 g/mol. The van der Waals surface area contributed by atoms with Crippen LogP contribution in [0.3, 0.4) is 0 Å². The van der Waals surface area contributed by atoms with Crippen LogP contribution in [0.15, 0.2) is 48.7 Å². The first-order valence-corrected chi connectivity index (χ1v) is 18.0. The van der Waals surface area contributed by atoms with Gasteiger partial charge in [0, 0.05) is 49.4 Å². The Morgan fingerprint density at radius 3 is 2.54 bits per heavy atom. The van der Waals surface area contributed by atoms with E-state index in [0.717, 1.165) is 16.7 Å². The number of H-pyrrole nitrogens is 1. The summed E-state index contributed by atoms with van der Waals surface area (Å²) in [5, 5.41) is 20.8.